The third kappa shape index (κ3) is 7.05. The van der Waals surface area contributed by atoms with E-state index in [4.69, 9.17) is 20.9 Å². The predicted molar refractivity (Wildman–Crippen MR) is 173 cm³/mol. The van der Waals surface area contributed by atoms with Crippen molar-refractivity contribution >= 4 is 23.4 Å². The topological polar surface area (TPSA) is 181 Å². The molecule has 2 aliphatic heterocycles. The van der Waals surface area contributed by atoms with Crippen LogP contribution in [-0.2, 0) is 20.6 Å². The zero-order valence-electron chi connectivity index (χ0n) is 26.4. The van der Waals surface area contributed by atoms with Crippen LogP contribution in [0.5, 0.6) is 0 Å². The zero-order valence-corrected chi connectivity index (χ0v) is 26.4. The summed E-state index contributed by atoms with van der Waals surface area (Å²) >= 11 is 0. The molecular formula is C32H36F10N6O6. The Morgan fingerprint density at radius 2 is 1.00 bits per heavy atom. The Hall–Kier alpha value is -4.92. The number of nitrogens with two attached hydrogens (primary N) is 2. The van der Waals surface area contributed by atoms with Crippen molar-refractivity contribution in [1.82, 2.24) is 0 Å². The van der Waals surface area contributed by atoms with E-state index in [0.29, 0.717) is 24.3 Å². The average molecular weight is 791 g/mol. The van der Waals surface area contributed by atoms with Gasteiger partial charge in [0.25, 0.3) is 35.3 Å². The number of hydrogen-bond donors (Lipinski definition) is 2. The van der Waals surface area contributed by atoms with Crippen LogP contribution in [0.25, 0.3) is 0 Å². The molecule has 0 amide bonds. The first kappa shape index (κ1) is 43.5. The van der Waals surface area contributed by atoms with Crippen LogP contribution in [0.4, 0.5) is 55.3 Å². The van der Waals surface area contributed by atoms with Crippen molar-refractivity contribution in [2.24, 2.45) is 33.3 Å². The van der Waals surface area contributed by atoms with Crippen molar-refractivity contribution in [2.45, 2.75) is 74.7 Å². The minimum absolute atomic E-state index is 0. The number of amidine groups is 2. The number of alkyl halides is 8. The fraction of sp³-hybridized carbons (Fsp3) is 0.562. The molecule has 6 atom stereocenters. The quantitative estimate of drug-likeness (QED) is 0.159. The van der Waals surface area contributed by atoms with Crippen LogP contribution in [0, 0.1) is 43.7 Å². The lowest BCUT2D eigenvalue weighted by Crippen LogP contribution is -2.57. The lowest BCUT2D eigenvalue weighted by molar-refractivity contribution is -0.385. The number of halogens is 10. The fourth-order valence-electron chi connectivity index (χ4n) is 7.81. The third-order valence-corrected chi connectivity index (χ3v) is 9.89. The van der Waals surface area contributed by atoms with Gasteiger partial charge in [-0.25, -0.2) is 53.9 Å². The number of ether oxygens (including phenoxy) is 2. The number of benzene rings is 2. The van der Waals surface area contributed by atoms with Crippen LogP contribution in [0.2, 0.25) is 0 Å². The maximum atomic E-state index is 14.4. The molecule has 12 nitrogen and oxygen atoms in total. The van der Waals surface area contributed by atoms with Crippen molar-refractivity contribution in [2.75, 3.05) is 26.7 Å². The summed E-state index contributed by atoms with van der Waals surface area (Å²) in [5.41, 5.74) is -0.627. The molecule has 4 aliphatic rings. The average Bonchev–Trinajstić information content (AvgIpc) is 3.53. The molecule has 300 valence electrons. The number of rotatable bonds is 8. The SMILES string of the molecule is C.C.NC1=N[C@@](CF)(c2cc([N+](=O)[O-])ccc2F)[C@@H]2CC(F)(F)C[C@]2(CF)O1.NC1=N[C@](CF)(c2cc([N+](=O)[O-])ccc2F)[C@H]2CC(F)(F)C[C@@]2(CF)O1. The molecule has 0 radical (unpaired) electrons. The standard InChI is InChI=1S/2C15H14F5N3O3.2CH4/c2*16-6-13-5-14(19,20)4-11(13)15(7-17,22-12(21)26-13)9-3-8(23(24)25)1-2-10(9)18;;/h2*1-3,11H,4-7H2,(H2,21,22);2*1H4/t2*11-,13-,15+;;/m10../s1. The molecule has 4 N–H and O–H groups in total. The lowest BCUT2D eigenvalue weighted by Gasteiger charge is -2.45. The molecule has 0 aromatic heterocycles. The van der Waals surface area contributed by atoms with E-state index < -0.39 is 154 Å². The molecule has 2 saturated carbocycles. The van der Waals surface area contributed by atoms with Crippen molar-refractivity contribution in [1.29, 1.82) is 0 Å². The summed E-state index contributed by atoms with van der Waals surface area (Å²) in [7, 11) is 0. The summed E-state index contributed by atoms with van der Waals surface area (Å²) in [5, 5.41) is 22.0. The maximum Gasteiger partial charge on any atom is 0.283 e. The zero-order chi connectivity index (χ0) is 38.7. The molecule has 0 unspecified atom stereocenters. The van der Waals surface area contributed by atoms with E-state index >= 15 is 0 Å². The lowest BCUT2D eigenvalue weighted by atomic mass is 9.71. The molecule has 2 fully saturated rings. The van der Waals surface area contributed by atoms with Crippen LogP contribution in [0.15, 0.2) is 46.4 Å². The van der Waals surface area contributed by atoms with Gasteiger partial charge in [0, 0.05) is 60.1 Å². The summed E-state index contributed by atoms with van der Waals surface area (Å²) in [6, 6.07) is 2.94. The monoisotopic (exact) mass is 790 g/mol. The number of fused-ring (bicyclic) bond motifs is 2. The Kier molecular flexibility index (Phi) is 11.9. The molecule has 0 spiro atoms. The molecule has 22 heteroatoms. The largest absolute Gasteiger partial charge is 0.455 e. The van der Waals surface area contributed by atoms with Gasteiger partial charge in [0.05, 0.1) is 22.7 Å². The maximum absolute atomic E-state index is 14.4. The summed E-state index contributed by atoms with van der Waals surface area (Å²) < 4.78 is 151. The van der Waals surface area contributed by atoms with E-state index in [0.717, 1.165) is 12.1 Å². The van der Waals surface area contributed by atoms with Crippen molar-refractivity contribution in [3.63, 3.8) is 0 Å². The molecular weight excluding hydrogens is 754 g/mol. The van der Waals surface area contributed by atoms with Crippen LogP contribution >= 0.6 is 0 Å². The van der Waals surface area contributed by atoms with Crippen LogP contribution in [0.3, 0.4) is 0 Å². The molecule has 2 heterocycles. The number of nitro benzene ring substituents is 2. The molecule has 54 heavy (non-hydrogen) atoms. The van der Waals surface area contributed by atoms with Crippen molar-refractivity contribution < 1.29 is 63.2 Å². The molecule has 6 rings (SSSR count). The second kappa shape index (κ2) is 14.7. The second-order valence-corrected chi connectivity index (χ2v) is 13.0. The van der Waals surface area contributed by atoms with Gasteiger partial charge >= 0.3 is 0 Å². The highest BCUT2D eigenvalue weighted by molar-refractivity contribution is 5.75. The van der Waals surface area contributed by atoms with Gasteiger partial charge in [-0.2, -0.15) is 0 Å². The number of hydrogen-bond acceptors (Lipinski definition) is 10. The van der Waals surface area contributed by atoms with Gasteiger partial charge in [-0.05, 0) is 12.1 Å². The summed E-state index contributed by atoms with van der Waals surface area (Å²) in [5.74, 6) is -12.3. The van der Waals surface area contributed by atoms with E-state index in [1.807, 2.05) is 0 Å². The Bertz CT molecular complexity index is 1710. The fourth-order valence-corrected chi connectivity index (χ4v) is 7.81. The first-order chi connectivity index (χ1) is 24.2. The van der Waals surface area contributed by atoms with Gasteiger partial charge in [0.2, 0.25) is 0 Å². The molecule has 2 aromatic rings. The van der Waals surface area contributed by atoms with E-state index in [1.54, 1.807) is 0 Å². The van der Waals surface area contributed by atoms with Gasteiger partial charge in [0.15, 0.2) is 11.2 Å². The van der Waals surface area contributed by atoms with Gasteiger partial charge in [-0.1, -0.05) is 14.9 Å². The second-order valence-electron chi connectivity index (χ2n) is 13.0. The van der Waals surface area contributed by atoms with Crippen molar-refractivity contribution in [3.05, 3.63) is 79.4 Å². The van der Waals surface area contributed by atoms with Crippen LogP contribution in [-0.4, -0.2) is 71.6 Å². The summed E-state index contributed by atoms with van der Waals surface area (Å²) in [6.45, 7) is -5.89. The summed E-state index contributed by atoms with van der Waals surface area (Å²) in [4.78, 5) is 27.6. The Morgan fingerprint density at radius 3 is 1.28 bits per heavy atom. The minimum atomic E-state index is -3.42. The first-order valence-corrected chi connectivity index (χ1v) is 15.2. The van der Waals surface area contributed by atoms with E-state index in [-0.39, 0.29) is 14.9 Å². The number of nitro groups is 2. The van der Waals surface area contributed by atoms with Crippen LogP contribution in [0.1, 0.15) is 51.7 Å². The van der Waals surface area contributed by atoms with Crippen LogP contribution < -0.4 is 11.5 Å². The van der Waals surface area contributed by atoms with E-state index in [1.165, 1.54) is 0 Å². The molecule has 2 aliphatic carbocycles. The molecule has 2 aromatic carbocycles. The van der Waals surface area contributed by atoms with Gasteiger partial charge in [0.1, 0.15) is 49.4 Å². The Balaban J connectivity index is 0.000000280. The van der Waals surface area contributed by atoms with Crippen molar-refractivity contribution in [3.8, 4) is 0 Å². The molecule has 0 saturated heterocycles. The minimum Gasteiger partial charge on any atom is -0.455 e. The normalized spacial score (nSPS) is 31.3. The highest BCUT2D eigenvalue weighted by Crippen LogP contribution is 2.60. The van der Waals surface area contributed by atoms with E-state index in [9.17, 15) is 64.1 Å². The highest BCUT2D eigenvalue weighted by Gasteiger charge is 2.69. The highest BCUT2D eigenvalue weighted by atomic mass is 19.3. The third-order valence-electron chi connectivity index (χ3n) is 9.89. The van der Waals surface area contributed by atoms with Gasteiger partial charge in [-0.3, -0.25) is 20.2 Å². The molecule has 0 bridgehead atoms. The first-order valence-electron chi connectivity index (χ1n) is 15.2. The van der Waals surface area contributed by atoms with E-state index in [2.05, 4.69) is 9.98 Å². The summed E-state index contributed by atoms with van der Waals surface area (Å²) in [6.07, 6.45) is -4.23. The predicted octanol–water partition coefficient (Wildman–Crippen LogP) is 7.27. The Labute approximate surface area is 300 Å². The van der Waals surface area contributed by atoms with Gasteiger partial charge < -0.3 is 20.9 Å². The Morgan fingerprint density at radius 1 is 0.667 bits per heavy atom. The smallest absolute Gasteiger partial charge is 0.283 e. The number of aliphatic imine (C=N–C) groups is 2. The van der Waals surface area contributed by atoms with Gasteiger partial charge in [-0.15, -0.1) is 0 Å². The number of nitrogens with zero attached hydrogens (tertiary/aromatic N) is 4. The number of non-ortho nitro benzene ring substituents is 2.